The van der Waals surface area contributed by atoms with Crippen LogP contribution in [-0.2, 0) is 0 Å². The van der Waals surface area contributed by atoms with Gasteiger partial charge in [-0.1, -0.05) is 18.2 Å². The highest BCUT2D eigenvalue weighted by atomic mass is 16.3. The summed E-state index contributed by atoms with van der Waals surface area (Å²) in [6, 6.07) is 7.99. The van der Waals surface area contributed by atoms with Crippen LogP contribution in [0.4, 0.5) is 5.69 Å². The molecule has 0 fully saturated rings. The quantitative estimate of drug-likeness (QED) is 0.627. The smallest absolute Gasteiger partial charge is 0.0552 e. The minimum atomic E-state index is 0.213. The molecule has 1 aromatic carbocycles. The van der Waals surface area contributed by atoms with Gasteiger partial charge in [0.25, 0.3) is 0 Å². The first-order valence-corrected chi connectivity index (χ1v) is 4.55. The molecular formula is C10H14N2O. The number of rotatable bonds is 1. The molecule has 3 N–H and O–H groups in total. The van der Waals surface area contributed by atoms with Crippen molar-refractivity contribution in [1.82, 2.24) is 0 Å². The number of hydrogen-bond acceptors (Lipinski definition) is 3. The summed E-state index contributed by atoms with van der Waals surface area (Å²) in [4.78, 5) is 0. The van der Waals surface area contributed by atoms with Gasteiger partial charge in [0, 0.05) is 12.5 Å². The average Bonchev–Trinajstić information content (AvgIpc) is 2.19. The van der Waals surface area contributed by atoms with E-state index in [0.717, 1.165) is 18.7 Å². The first-order chi connectivity index (χ1) is 6.33. The number of hydrazine groups is 1. The third-order valence-corrected chi connectivity index (χ3v) is 2.62. The lowest BCUT2D eigenvalue weighted by Crippen LogP contribution is -2.37. The molecular weight excluding hydrogens is 164 g/mol. The van der Waals surface area contributed by atoms with Gasteiger partial charge in [-0.15, -0.1) is 0 Å². The van der Waals surface area contributed by atoms with E-state index in [0.29, 0.717) is 0 Å². The van der Waals surface area contributed by atoms with Crippen molar-refractivity contribution >= 4 is 5.69 Å². The second kappa shape index (κ2) is 3.36. The maximum atomic E-state index is 9.16. The summed E-state index contributed by atoms with van der Waals surface area (Å²) >= 11 is 0. The van der Waals surface area contributed by atoms with E-state index in [1.165, 1.54) is 5.56 Å². The van der Waals surface area contributed by atoms with E-state index in [1.54, 1.807) is 5.01 Å². The summed E-state index contributed by atoms with van der Waals surface area (Å²) in [5.41, 5.74) is 2.21. The number of aliphatic hydroxyl groups excluding tert-OH is 1. The van der Waals surface area contributed by atoms with Crippen LogP contribution in [0.1, 0.15) is 17.9 Å². The van der Waals surface area contributed by atoms with Gasteiger partial charge in [0.2, 0.25) is 0 Å². The molecule has 2 rings (SSSR count). The lowest BCUT2D eigenvalue weighted by molar-refractivity contribution is 0.257. The van der Waals surface area contributed by atoms with Gasteiger partial charge >= 0.3 is 0 Å². The Morgan fingerprint density at radius 1 is 1.46 bits per heavy atom. The number of nitrogens with two attached hydrogens (primary N) is 1. The number of aliphatic hydroxyl groups is 1. The Bertz CT molecular complexity index is 301. The predicted octanol–water partition coefficient (Wildman–Crippen LogP) is 0.846. The molecule has 13 heavy (non-hydrogen) atoms. The second-order valence-electron chi connectivity index (χ2n) is 3.42. The molecule has 0 aromatic heterocycles. The molecule has 3 nitrogen and oxygen atoms in total. The first-order valence-electron chi connectivity index (χ1n) is 4.55. The average molecular weight is 178 g/mol. The monoisotopic (exact) mass is 178 g/mol. The van der Waals surface area contributed by atoms with Crippen molar-refractivity contribution in [1.29, 1.82) is 0 Å². The van der Waals surface area contributed by atoms with Crippen molar-refractivity contribution in [3.63, 3.8) is 0 Å². The van der Waals surface area contributed by atoms with Crippen LogP contribution in [0.15, 0.2) is 24.3 Å². The lowest BCUT2D eigenvalue weighted by Gasteiger charge is -2.31. The highest BCUT2D eigenvalue weighted by molar-refractivity contribution is 5.55. The van der Waals surface area contributed by atoms with Crippen molar-refractivity contribution in [2.24, 2.45) is 5.84 Å². The molecule has 3 heteroatoms. The third kappa shape index (κ3) is 1.41. The molecule has 1 aliphatic heterocycles. The minimum absolute atomic E-state index is 0.213. The fraction of sp³-hybridized carbons (Fsp3) is 0.400. The molecule has 1 aromatic rings. The number of benzene rings is 1. The molecule has 0 amide bonds. The van der Waals surface area contributed by atoms with Gasteiger partial charge in [-0.05, 0) is 18.1 Å². The number of hydrogen-bond donors (Lipinski definition) is 2. The van der Waals surface area contributed by atoms with Crippen LogP contribution in [0.25, 0.3) is 0 Å². The van der Waals surface area contributed by atoms with Gasteiger partial charge in [-0.25, -0.2) is 5.84 Å². The van der Waals surface area contributed by atoms with Crippen molar-refractivity contribution in [2.45, 2.75) is 12.3 Å². The third-order valence-electron chi connectivity index (χ3n) is 2.62. The van der Waals surface area contributed by atoms with Gasteiger partial charge in [-0.2, -0.15) is 0 Å². The predicted molar refractivity (Wildman–Crippen MR) is 52.4 cm³/mol. The maximum absolute atomic E-state index is 9.16. The van der Waals surface area contributed by atoms with Crippen LogP contribution in [0.5, 0.6) is 0 Å². The Morgan fingerprint density at radius 3 is 3.00 bits per heavy atom. The number of para-hydroxylation sites is 1. The number of fused-ring (bicyclic) bond motifs is 1. The molecule has 1 heterocycles. The molecule has 0 bridgehead atoms. The number of anilines is 1. The SMILES string of the molecule is NN1CCC(CO)c2ccccc21. The molecule has 1 aliphatic rings. The molecule has 70 valence electrons. The van der Waals surface area contributed by atoms with Gasteiger partial charge in [0.05, 0.1) is 12.3 Å². The van der Waals surface area contributed by atoms with Gasteiger partial charge in [0.15, 0.2) is 0 Å². The summed E-state index contributed by atoms with van der Waals surface area (Å²) in [6.45, 7) is 1.03. The molecule has 0 spiro atoms. The maximum Gasteiger partial charge on any atom is 0.0552 e. The van der Waals surface area contributed by atoms with E-state index < -0.39 is 0 Å². The fourth-order valence-corrected chi connectivity index (χ4v) is 1.85. The molecule has 0 saturated heterocycles. The van der Waals surface area contributed by atoms with Crippen LogP contribution in [0.2, 0.25) is 0 Å². The first kappa shape index (κ1) is 8.53. The molecule has 0 aliphatic carbocycles. The van der Waals surface area contributed by atoms with Crippen LogP contribution < -0.4 is 10.9 Å². The zero-order valence-corrected chi connectivity index (χ0v) is 7.48. The Labute approximate surface area is 77.7 Å². The number of nitrogens with zero attached hydrogens (tertiary/aromatic N) is 1. The van der Waals surface area contributed by atoms with Crippen molar-refractivity contribution in [2.75, 3.05) is 18.2 Å². The van der Waals surface area contributed by atoms with Crippen LogP contribution >= 0.6 is 0 Å². The van der Waals surface area contributed by atoms with Crippen LogP contribution in [0.3, 0.4) is 0 Å². The van der Waals surface area contributed by atoms with Gasteiger partial charge in [0.1, 0.15) is 0 Å². The van der Waals surface area contributed by atoms with Crippen molar-refractivity contribution in [3.05, 3.63) is 29.8 Å². The summed E-state index contributed by atoms with van der Waals surface area (Å²) in [5, 5.41) is 10.9. The van der Waals surface area contributed by atoms with E-state index in [-0.39, 0.29) is 12.5 Å². The van der Waals surface area contributed by atoms with E-state index >= 15 is 0 Å². The second-order valence-corrected chi connectivity index (χ2v) is 3.42. The van der Waals surface area contributed by atoms with Gasteiger partial charge in [-0.3, -0.25) is 0 Å². The standard InChI is InChI=1S/C10H14N2O/c11-12-6-5-8(7-13)9-3-1-2-4-10(9)12/h1-4,8,13H,5-7,11H2. The highest BCUT2D eigenvalue weighted by Gasteiger charge is 2.21. The summed E-state index contributed by atoms with van der Waals surface area (Å²) in [7, 11) is 0. The van der Waals surface area contributed by atoms with E-state index in [4.69, 9.17) is 10.9 Å². The molecule has 0 radical (unpaired) electrons. The topological polar surface area (TPSA) is 49.5 Å². The Hall–Kier alpha value is -1.06. The van der Waals surface area contributed by atoms with E-state index in [2.05, 4.69) is 0 Å². The minimum Gasteiger partial charge on any atom is -0.396 e. The summed E-state index contributed by atoms with van der Waals surface area (Å²) < 4.78 is 0. The zero-order chi connectivity index (χ0) is 9.26. The lowest BCUT2D eigenvalue weighted by atomic mass is 9.91. The van der Waals surface area contributed by atoms with Crippen LogP contribution in [0, 0.1) is 0 Å². The Morgan fingerprint density at radius 2 is 2.23 bits per heavy atom. The molecule has 1 unspecified atom stereocenters. The molecule has 0 saturated carbocycles. The summed E-state index contributed by atoms with van der Waals surface area (Å²) in [6.07, 6.45) is 0.935. The summed E-state index contributed by atoms with van der Waals surface area (Å²) in [5.74, 6) is 6.08. The zero-order valence-electron chi connectivity index (χ0n) is 7.48. The Kier molecular flexibility index (Phi) is 2.20. The largest absolute Gasteiger partial charge is 0.396 e. The molecule has 1 atom stereocenters. The fourth-order valence-electron chi connectivity index (χ4n) is 1.85. The van der Waals surface area contributed by atoms with E-state index in [9.17, 15) is 0 Å². The van der Waals surface area contributed by atoms with Crippen LogP contribution in [-0.4, -0.2) is 18.3 Å². The van der Waals surface area contributed by atoms with Crippen molar-refractivity contribution < 1.29 is 5.11 Å². The normalized spacial score (nSPS) is 21.4. The highest BCUT2D eigenvalue weighted by Crippen LogP contribution is 2.32. The van der Waals surface area contributed by atoms with E-state index in [1.807, 2.05) is 24.3 Å². The van der Waals surface area contributed by atoms with Gasteiger partial charge < -0.3 is 10.1 Å². The van der Waals surface area contributed by atoms with Crippen molar-refractivity contribution in [3.8, 4) is 0 Å². The Balaban J connectivity index is 2.42.